The number of benzene rings is 1. The Hall–Kier alpha value is -1.06. The topological polar surface area (TPSA) is 38.5 Å². The molecule has 1 aromatic carbocycles. The third-order valence-corrected chi connectivity index (χ3v) is 4.12. The van der Waals surface area contributed by atoms with Crippen LogP contribution in [0.5, 0.6) is 5.75 Å². The van der Waals surface area contributed by atoms with Crippen molar-refractivity contribution in [2.24, 2.45) is 11.7 Å². The summed E-state index contributed by atoms with van der Waals surface area (Å²) in [6.45, 7) is 5.22. The van der Waals surface area contributed by atoms with E-state index in [0.717, 1.165) is 31.9 Å². The average molecular weight is 232 g/mol. The Bertz CT molecular complexity index is 407. The molecule has 0 bridgehead atoms. The van der Waals surface area contributed by atoms with Crippen molar-refractivity contribution in [1.82, 2.24) is 4.90 Å². The van der Waals surface area contributed by atoms with Crippen LogP contribution in [0.4, 0.5) is 0 Å². The Labute approximate surface area is 103 Å². The van der Waals surface area contributed by atoms with Gasteiger partial charge in [0.15, 0.2) is 0 Å². The first-order valence-electron chi connectivity index (χ1n) is 6.47. The molecule has 2 aliphatic rings. The smallest absolute Gasteiger partial charge is 0.124 e. The maximum Gasteiger partial charge on any atom is 0.124 e. The van der Waals surface area contributed by atoms with Crippen LogP contribution in [-0.4, -0.2) is 30.6 Å². The van der Waals surface area contributed by atoms with Gasteiger partial charge in [0, 0.05) is 24.7 Å². The molecule has 2 heterocycles. The second kappa shape index (κ2) is 4.31. The van der Waals surface area contributed by atoms with E-state index in [1.165, 1.54) is 5.56 Å². The molecule has 3 atom stereocenters. The van der Waals surface area contributed by atoms with E-state index >= 15 is 0 Å². The van der Waals surface area contributed by atoms with Gasteiger partial charge in [-0.2, -0.15) is 0 Å². The van der Waals surface area contributed by atoms with Crippen LogP contribution in [-0.2, 0) is 0 Å². The molecule has 0 spiro atoms. The van der Waals surface area contributed by atoms with E-state index < -0.39 is 0 Å². The third-order valence-electron chi connectivity index (χ3n) is 4.12. The van der Waals surface area contributed by atoms with Crippen molar-refractivity contribution in [2.45, 2.75) is 25.4 Å². The number of hydrogen-bond donors (Lipinski definition) is 1. The van der Waals surface area contributed by atoms with Gasteiger partial charge in [-0.25, -0.2) is 0 Å². The predicted molar refractivity (Wildman–Crippen MR) is 68.0 cm³/mol. The van der Waals surface area contributed by atoms with Crippen LogP contribution in [0.25, 0.3) is 0 Å². The Morgan fingerprint density at radius 3 is 3.00 bits per heavy atom. The second-order valence-electron chi connectivity index (χ2n) is 5.29. The molecule has 0 amide bonds. The van der Waals surface area contributed by atoms with Crippen LogP contribution in [0, 0.1) is 5.92 Å². The molecule has 92 valence electrons. The zero-order valence-corrected chi connectivity index (χ0v) is 10.3. The fourth-order valence-electron chi connectivity index (χ4n) is 2.93. The zero-order valence-electron chi connectivity index (χ0n) is 10.3. The average Bonchev–Trinajstić information content (AvgIpc) is 2.76. The number of fused-ring (bicyclic) bond motifs is 1. The number of nitrogens with two attached hydrogens (primary N) is 1. The van der Waals surface area contributed by atoms with Crippen molar-refractivity contribution in [3.63, 3.8) is 0 Å². The molecule has 3 unspecified atom stereocenters. The molecular formula is C14H20N2O. The molecule has 2 aliphatic heterocycles. The lowest BCUT2D eigenvalue weighted by Gasteiger charge is -2.38. The van der Waals surface area contributed by atoms with Crippen LogP contribution < -0.4 is 10.5 Å². The molecule has 3 nitrogen and oxygen atoms in total. The summed E-state index contributed by atoms with van der Waals surface area (Å²) in [6.07, 6.45) is 1.10. The number of ether oxygens (including phenoxy) is 1. The van der Waals surface area contributed by atoms with Gasteiger partial charge in [0.25, 0.3) is 0 Å². The Kier molecular flexibility index (Phi) is 2.81. The number of hydrogen-bond acceptors (Lipinski definition) is 3. The lowest BCUT2D eigenvalue weighted by atomic mass is 9.92. The van der Waals surface area contributed by atoms with E-state index in [0.29, 0.717) is 18.0 Å². The minimum Gasteiger partial charge on any atom is -0.491 e. The van der Waals surface area contributed by atoms with Crippen LogP contribution >= 0.6 is 0 Å². The van der Waals surface area contributed by atoms with E-state index in [4.69, 9.17) is 10.5 Å². The summed E-state index contributed by atoms with van der Waals surface area (Å²) in [5.74, 6) is 1.64. The highest BCUT2D eigenvalue weighted by atomic mass is 16.5. The standard InChI is InChI=1S/C14H20N2O/c1-10-8-16(7-6-12(10)15)13-9-17-14-5-3-2-4-11(13)14/h2-5,10,12-13H,6-9,15H2,1H3. The first kappa shape index (κ1) is 11.1. The minimum atomic E-state index is 0.365. The Balaban J connectivity index is 1.78. The van der Waals surface area contributed by atoms with Gasteiger partial charge in [-0.05, 0) is 18.4 Å². The summed E-state index contributed by atoms with van der Waals surface area (Å²) in [5, 5.41) is 0. The number of piperidine rings is 1. The fourth-order valence-corrected chi connectivity index (χ4v) is 2.93. The highest BCUT2D eigenvalue weighted by Gasteiger charge is 2.33. The second-order valence-corrected chi connectivity index (χ2v) is 5.29. The lowest BCUT2D eigenvalue weighted by molar-refractivity contribution is 0.100. The Morgan fingerprint density at radius 2 is 2.18 bits per heavy atom. The molecule has 0 aromatic heterocycles. The lowest BCUT2D eigenvalue weighted by Crippen LogP contribution is -2.47. The van der Waals surface area contributed by atoms with Crippen molar-refractivity contribution in [3.8, 4) is 5.75 Å². The van der Waals surface area contributed by atoms with E-state index in [2.05, 4.69) is 30.0 Å². The molecule has 1 saturated heterocycles. The van der Waals surface area contributed by atoms with Gasteiger partial charge in [0.2, 0.25) is 0 Å². The molecular weight excluding hydrogens is 212 g/mol. The molecule has 17 heavy (non-hydrogen) atoms. The minimum absolute atomic E-state index is 0.365. The largest absolute Gasteiger partial charge is 0.491 e. The molecule has 2 N–H and O–H groups in total. The first-order valence-corrected chi connectivity index (χ1v) is 6.47. The molecule has 3 heteroatoms. The normalized spacial score (nSPS) is 33.2. The number of para-hydroxylation sites is 1. The van der Waals surface area contributed by atoms with Crippen molar-refractivity contribution < 1.29 is 4.74 Å². The number of rotatable bonds is 1. The first-order chi connectivity index (χ1) is 8.25. The maximum atomic E-state index is 6.08. The quantitative estimate of drug-likeness (QED) is 0.802. The summed E-state index contributed by atoms with van der Waals surface area (Å²) < 4.78 is 5.75. The SMILES string of the molecule is CC1CN(C2COc3ccccc32)CCC1N. The third kappa shape index (κ3) is 1.94. The number of nitrogens with zero attached hydrogens (tertiary/aromatic N) is 1. The molecule has 1 aromatic rings. The van der Waals surface area contributed by atoms with Gasteiger partial charge in [-0.1, -0.05) is 25.1 Å². The highest BCUT2D eigenvalue weighted by molar-refractivity contribution is 5.39. The van der Waals surface area contributed by atoms with Crippen molar-refractivity contribution in [3.05, 3.63) is 29.8 Å². The maximum absolute atomic E-state index is 6.08. The Morgan fingerprint density at radius 1 is 1.35 bits per heavy atom. The molecule has 3 rings (SSSR count). The van der Waals surface area contributed by atoms with E-state index in [9.17, 15) is 0 Å². The van der Waals surface area contributed by atoms with Gasteiger partial charge >= 0.3 is 0 Å². The molecule has 1 fully saturated rings. The summed E-state index contributed by atoms with van der Waals surface area (Å²) >= 11 is 0. The summed E-state index contributed by atoms with van der Waals surface area (Å²) in [5.41, 5.74) is 7.42. The van der Waals surface area contributed by atoms with Crippen molar-refractivity contribution >= 4 is 0 Å². The summed E-state index contributed by atoms with van der Waals surface area (Å²) in [4.78, 5) is 2.53. The fraction of sp³-hybridized carbons (Fsp3) is 0.571. The van der Waals surface area contributed by atoms with Crippen molar-refractivity contribution in [1.29, 1.82) is 0 Å². The van der Waals surface area contributed by atoms with Gasteiger partial charge in [-0.3, -0.25) is 4.90 Å². The van der Waals surface area contributed by atoms with Crippen LogP contribution in [0.15, 0.2) is 24.3 Å². The van der Waals surface area contributed by atoms with E-state index in [-0.39, 0.29) is 0 Å². The summed E-state index contributed by atoms with van der Waals surface area (Å²) in [6, 6.07) is 9.18. The van der Waals surface area contributed by atoms with Gasteiger partial charge in [-0.15, -0.1) is 0 Å². The van der Waals surface area contributed by atoms with Crippen LogP contribution in [0.3, 0.4) is 0 Å². The monoisotopic (exact) mass is 232 g/mol. The van der Waals surface area contributed by atoms with Gasteiger partial charge in [0.1, 0.15) is 12.4 Å². The zero-order chi connectivity index (χ0) is 11.8. The van der Waals surface area contributed by atoms with Gasteiger partial charge < -0.3 is 10.5 Å². The van der Waals surface area contributed by atoms with E-state index in [1.54, 1.807) is 0 Å². The van der Waals surface area contributed by atoms with Crippen molar-refractivity contribution in [2.75, 3.05) is 19.7 Å². The molecule has 0 radical (unpaired) electrons. The van der Waals surface area contributed by atoms with E-state index in [1.807, 2.05) is 6.07 Å². The molecule has 0 saturated carbocycles. The molecule has 0 aliphatic carbocycles. The number of likely N-dealkylation sites (tertiary alicyclic amines) is 1. The highest BCUT2D eigenvalue weighted by Crippen LogP contribution is 2.37. The van der Waals surface area contributed by atoms with Gasteiger partial charge in [0.05, 0.1) is 6.04 Å². The summed E-state index contributed by atoms with van der Waals surface area (Å²) in [7, 11) is 0. The van der Waals surface area contributed by atoms with Crippen LogP contribution in [0.2, 0.25) is 0 Å². The predicted octanol–water partition coefficient (Wildman–Crippen LogP) is 1.79. The van der Waals surface area contributed by atoms with Crippen LogP contribution in [0.1, 0.15) is 24.9 Å².